The molecule has 13 heavy (non-hydrogen) atoms. The molecule has 72 valence electrons. The highest BCUT2D eigenvalue weighted by Crippen LogP contribution is 2.39. The number of hydrogen-bond donors (Lipinski definition) is 2. The molecule has 1 fully saturated rings. The highest BCUT2D eigenvalue weighted by Gasteiger charge is 2.31. The Labute approximate surface area is 77.3 Å². The molecule has 5 nitrogen and oxygen atoms in total. The van der Waals surface area contributed by atoms with Gasteiger partial charge >= 0.3 is 0 Å². The molecule has 1 unspecified atom stereocenters. The molecule has 0 radical (unpaired) electrons. The summed E-state index contributed by atoms with van der Waals surface area (Å²) >= 11 is 0. The van der Waals surface area contributed by atoms with E-state index >= 15 is 0 Å². The smallest absolute Gasteiger partial charge is 0.243 e. The Morgan fingerprint density at radius 3 is 2.77 bits per heavy atom. The number of hydrogen-bond acceptors (Lipinski definition) is 4. The first kappa shape index (κ1) is 8.34. The first-order valence-electron chi connectivity index (χ1n) is 4.62. The molecule has 0 bridgehead atoms. The van der Waals surface area contributed by atoms with E-state index in [2.05, 4.69) is 22.3 Å². The zero-order valence-corrected chi connectivity index (χ0v) is 7.99. The van der Waals surface area contributed by atoms with Gasteiger partial charge in [0.1, 0.15) is 0 Å². The average molecular weight is 181 g/mol. The Hall–Kier alpha value is -1.26. The van der Waals surface area contributed by atoms with Crippen LogP contribution in [0.4, 0.5) is 11.9 Å². The summed E-state index contributed by atoms with van der Waals surface area (Å²) in [5, 5.41) is 7.14. The van der Waals surface area contributed by atoms with Crippen LogP contribution in [0.2, 0.25) is 0 Å². The first-order valence-corrected chi connectivity index (χ1v) is 4.62. The van der Waals surface area contributed by atoms with Crippen molar-refractivity contribution < 1.29 is 0 Å². The standard InChI is InChI=1S/C8H15N5/c1-5(6-3-4-6)13-7(9)11-8(10-2)12-13/h5-6H,3-4H2,1-2H3,(H3,9,10,11,12). The molecule has 0 spiro atoms. The summed E-state index contributed by atoms with van der Waals surface area (Å²) in [5.41, 5.74) is 5.73. The van der Waals surface area contributed by atoms with Gasteiger partial charge in [-0.1, -0.05) is 0 Å². The maximum Gasteiger partial charge on any atom is 0.243 e. The van der Waals surface area contributed by atoms with Gasteiger partial charge in [-0.2, -0.15) is 4.98 Å². The Kier molecular flexibility index (Phi) is 1.86. The van der Waals surface area contributed by atoms with Crippen LogP contribution in [-0.2, 0) is 0 Å². The van der Waals surface area contributed by atoms with Crippen LogP contribution in [-0.4, -0.2) is 21.8 Å². The summed E-state index contributed by atoms with van der Waals surface area (Å²) in [6.45, 7) is 2.14. The normalized spacial score (nSPS) is 18.6. The Bertz CT molecular complexity index is 301. The lowest BCUT2D eigenvalue weighted by Gasteiger charge is -2.10. The molecule has 5 heteroatoms. The van der Waals surface area contributed by atoms with Gasteiger partial charge in [0.25, 0.3) is 0 Å². The number of anilines is 2. The monoisotopic (exact) mass is 181 g/mol. The van der Waals surface area contributed by atoms with E-state index < -0.39 is 0 Å². The molecule has 1 saturated carbocycles. The maximum absolute atomic E-state index is 5.73. The molecular weight excluding hydrogens is 166 g/mol. The van der Waals surface area contributed by atoms with Crippen LogP contribution in [0.5, 0.6) is 0 Å². The van der Waals surface area contributed by atoms with Crippen molar-refractivity contribution >= 4 is 11.9 Å². The van der Waals surface area contributed by atoms with Gasteiger partial charge in [-0.15, -0.1) is 5.10 Å². The van der Waals surface area contributed by atoms with Crippen LogP contribution in [0.1, 0.15) is 25.8 Å². The largest absolute Gasteiger partial charge is 0.368 e. The second-order valence-corrected chi connectivity index (χ2v) is 3.57. The van der Waals surface area contributed by atoms with Gasteiger partial charge in [0, 0.05) is 7.05 Å². The molecule has 3 N–H and O–H groups in total. The molecule has 1 aromatic heterocycles. The van der Waals surface area contributed by atoms with Crippen LogP contribution >= 0.6 is 0 Å². The third-order valence-electron chi connectivity index (χ3n) is 2.57. The van der Waals surface area contributed by atoms with Crippen molar-refractivity contribution in [1.82, 2.24) is 14.8 Å². The van der Waals surface area contributed by atoms with Gasteiger partial charge in [0.15, 0.2) is 0 Å². The van der Waals surface area contributed by atoms with Crippen molar-refractivity contribution in [3.05, 3.63) is 0 Å². The Morgan fingerprint density at radius 2 is 2.31 bits per heavy atom. The summed E-state index contributed by atoms with van der Waals surface area (Å²) < 4.78 is 1.81. The summed E-state index contributed by atoms with van der Waals surface area (Å²) in [7, 11) is 1.79. The van der Waals surface area contributed by atoms with Gasteiger partial charge in [-0.3, -0.25) is 0 Å². The van der Waals surface area contributed by atoms with E-state index in [0.717, 1.165) is 5.92 Å². The highest BCUT2D eigenvalue weighted by molar-refractivity contribution is 5.31. The van der Waals surface area contributed by atoms with Crippen molar-refractivity contribution in [1.29, 1.82) is 0 Å². The number of nitrogens with zero attached hydrogens (tertiary/aromatic N) is 3. The molecule has 1 atom stereocenters. The van der Waals surface area contributed by atoms with Gasteiger partial charge < -0.3 is 11.1 Å². The third kappa shape index (κ3) is 1.46. The fourth-order valence-electron chi connectivity index (χ4n) is 1.52. The topological polar surface area (TPSA) is 68.8 Å². The Morgan fingerprint density at radius 1 is 1.62 bits per heavy atom. The third-order valence-corrected chi connectivity index (χ3v) is 2.57. The van der Waals surface area contributed by atoms with E-state index in [4.69, 9.17) is 5.73 Å². The summed E-state index contributed by atoms with van der Waals surface area (Å²) in [4.78, 5) is 4.08. The predicted molar refractivity (Wildman–Crippen MR) is 51.4 cm³/mol. The minimum Gasteiger partial charge on any atom is -0.368 e. The second-order valence-electron chi connectivity index (χ2n) is 3.57. The molecular formula is C8H15N5. The quantitative estimate of drug-likeness (QED) is 0.726. The fraction of sp³-hybridized carbons (Fsp3) is 0.750. The van der Waals surface area contributed by atoms with Crippen molar-refractivity contribution in [3.63, 3.8) is 0 Å². The molecule has 0 aromatic carbocycles. The van der Waals surface area contributed by atoms with Gasteiger partial charge in [-0.25, -0.2) is 4.68 Å². The predicted octanol–water partition coefficient (Wildman–Crippen LogP) is 0.873. The molecule has 2 rings (SSSR count). The summed E-state index contributed by atoms with van der Waals surface area (Å²) in [6, 6.07) is 0.384. The molecule has 1 aromatic rings. The van der Waals surface area contributed by atoms with Crippen LogP contribution in [0.3, 0.4) is 0 Å². The van der Waals surface area contributed by atoms with Crippen LogP contribution in [0.15, 0.2) is 0 Å². The second kappa shape index (κ2) is 2.90. The average Bonchev–Trinajstić information content (AvgIpc) is 2.89. The zero-order valence-electron chi connectivity index (χ0n) is 7.99. The molecule has 0 saturated heterocycles. The lowest BCUT2D eigenvalue weighted by Crippen LogP contribution is -2.12. The lowest BCUT2D eigenvalue weighted by molar-refractivity contribution is 0.446. The van der Waals surface area contributed by atoms with Crippen LogP contribution in [0, 0.1) is 5.92 Å². The van der Waals surface area contributed by atoms with Crippen LogP contribution in [0.25, 0.3) is 0 Å². The van der Waals surface area contributed by atoms with E-state index in [1.165, 1.54) is 12.8 Å². The summed E-state index contributed by atoms with van der Waals surface area (Å²) in [6.07, 6.45) is 2.57. The van der Waals surface area contributed by atoms with Crippen molar-refractivity contribution in [3.8, 4) is 0 Å². The van der Waals surface area contributed by atoms with Crippen molar-refractivity contribution in [2.45, 2.75) is 25.8 Å². The van der Waals surface area contributed by atoms with E-state index in [1.54, 1.807) is 7.05 Å². The van der Waals surface area contributed by atoms with E-state index in [0.29, 0.717) is 17.9 Å². The Balaban J connectivity index is 2.22. The molecule has 1 heterocycles. The molecule has 0 amide bonds. The number of aromatic nitrogens is 3. The van der Waals surface area contributed by atoms with Gasteiger partial charge in [-0.05, 0) is 25.7 Å². The SMILES string of the molecule is CNc1nc(N)n(C(C)C2CC2)n1. The van der Waals surface area contributed by atoms with Crippen molar-refractivity contribution in [2.75, 3.05) is 18.1 Å². The highest BCUT2D eigenvalue weighted by atomic mass is 15.4. The van der Waals surface area contributed by atoms with Gasteiger partial charge in [0.2, 0.25) is 11.9 Å². The fourth-order valence-corrected chi connectivity index (χ4v) is 1.52. The van der Waals surface area contributed by atoms with Crippen molar-refractivity contribution in [2.24, 2.45) is 5.92 Å². The van der Waals surface area contributed by atoms with Crippen LogP contribution < -0.4 is 11.1 Å². The molecule has 1 aliphatic carbocycles. The van der Waals surface area contributed by atoms with E-state index in [-0.39, 0.29) is 0 Å². The van der Waals surface area contributed by atoms with E-state index in [9.17, 15) is 0 Å². The first-order chi connectivity index (χ1) is 6.22. The summed E-state index contributed by atoms with van der Waals surface area (Å²) in [5.74, 6) is 1.85. The maximum atomic E-state index is 5.73. The number of rotatable bonds is 3. The van der Waals surface area contributed by atoms with E-state index in [1.807, 2.05) is 4.68 Å². The minimum absolute atomic E-state index is 0.384. The van der Waals surface area contributed by atoms with Gasteiger partial charge in [0.05, 0.1) is 6.04 Å². The number of nitrogens with one attached hydrogen (secondary N) is 1. The number of nitrogen functional groups attached to an aromatic ring is 1. The number of nitrogens with two attached hydrogens (primary N) is 1. The zero-order chi connectivity index (χ0) is 9.42. The lowest BCUT2D eigenvalue weighted by atomic mass is 10.2. The molecule has 0 aliphatic heterocycles. The minimum atomic E-state index is 0.384. The molecule has 1 aliphatic rings.